The molecule has 1 fully saturated rings. The zero-order valence-corrected chi connectivity index (χ0v) is 11.5. The van der Waals surface area contributed by atoms with Crippen molar-refractivity contribution >= 4 is 0 Å². The molecule has 0 spiro atoms. The lowest BCUT2D eigenvalue weighted by atomic mass is 9.80. The van der Waals surface area contributed by atoms with Crippen molar-refractivity contribution in [3.05, 3.63) is 35.4 Å². The smallest absolute Gasteiger partial charge is 0.127 e. The van der Waals surface area contributed by atoms with Gasteiger partial charge in [-0.1, -0.05) is 13.8 Å². The van der Waals surface area contributed by atoms with E-state index in [1.54, 1.807) is 0 Å². The van der Waals surface area contributed by atoms with Crippen LogP contribution in [0.15, 0.2) is 18.2 Å². The van der Waals surface area contributed by atoms with E-state index in [0.29, 0.717) is 24.1 Å². The van der Waals surface area contributed by atoms with E-state index < -0.39 is 11.2 Å². The van der Waals surface area contributed by atoms with Gasteiger partial charge in [0, 0.05) is 18.0 Å². The molecule has 2 nitrogen and oxygen atoms in total. The first-order chi connectivity index (χ1) is 8.88. The summed E-state index contributed by atoms with van der Waals surface area (Å²) in [5.41, 5.74) is 5.72. The van der Waals surface area contributed by atoms with Crippen LogP contribution in [0.1, 0.15) is 32.3 Å². The van der Waals surface area contributed by atoms with E-state index in [9.17, 15) is 8.78 Å². The molecule has 1 aliphatic rings. The molecule has 0 saturated heterocycles. The average molecular weight is 268 g/mol. The first-order valence-electron chi connectivity index (χ1n) is 6.80. The Morgan fingerprint density at radius 1 is 1.32 bits per heavy atom. The van der Waals surface area contributed by atoms with Gasteiger partial charge in [-0.15, -0.1) is 0 Å². The Morgan fingerprint density at radius 2 is 2.00 bits per heavy atom. The molecule has 0 atom stereocenters. The summed E-state index contributed by atoms with van der Waals surface area (Å²) < 4.78 is 27.0. The summed E-state index contributed by atoms with van der Waals surface area (Å²) in [5.74, 6) is -0.114. The molecule has 1 saturated carbocycles. The molecule has 3 N–H and O–H groups in total. The molecule has 0 heterocycles. The molecule has 0 aromatic heterocycles. The van der Waals surface area contributed by atoms with Crippen LogP contribution in [0, 0.1) is 17.6 Å². The van der Waals surface area contributed by atoms with Gasteiger partial charge in [0.1, 0.15) is 11.6 Å². The number of halogens is 2. The molecule has 106 valence electrons. The zero-order chi connectivity index (χ0) is 14.0. The van der Waals surface area contributed by atoms with Gasteiger partial charge in [0.15, 0.2) is 0 Å². The molecule has 1 aliphatic carbocycles. The third-order valence-corrected chi connectivity index (χ3v) is 3.93. The van der Waals surface area contributed by atoms with Crippen LogP contribution in [-0.4, -0.2) is 19.1 Å². The van der Waals surface area contributed by atoms with Crippen molar-refractivity contribution in [2.45, 2.75) is 38.1 Å². The highest BCUT2D eigenvalue weighted by atomic mass is 19.1. The maximum atomic E-state index is 13.8. The summed E-state index contributed by atoms with van der Waals surface area (Å²) in [6.07, 6.45) is 2.11. The zero-order valence-electron chi connectivity index (χ0n) is 11.5. The largest absolute Gasteiger partial charge is 0.328 e. The lowest BCUT2D eigenvalue weighted by molar-refractivity contribution is 0.250. The minimum atomic E-state index is -0.432. The van der Waals surface area contributed by atoms with E-state index in [0.717, 1.165) is 25.5 Å². The number of hydrogen-bond donors (Lipinski definition) is 2. The van der Waals surface area contributed by atoms with Crippen LogP contribution in [-0.2, 0) is 5.41 Å². The van der Waals surface area contributed by atoms with Crippen LogP contribution < -0.4 is 11.1 Å². The van der Waals surface area contributed by atoms with Crippen LogP contribution in [0.5, 0.6) is 0 Å². The van der Waals surface area contributed by atoms with Gasteiger partial charge in [-0.2, -0.15) is 0 Å². The van der Waals surface area contributed by atoms with Crippen LogP contribution >= 0.6 is 0 Å². The second-order valence-electron chi connectivity index (χ2n) is 6.24. The normalized spacial score (nSPS) is 23.2. The standard InChI is InChI=1S/C15H22F2N2/c1-15(2,9-19-8-10-5-12(18)6-10)13-7-11(16)3-4-14(13)17/h3-4,7,10,12,19H,5-6,8-9,18H2,1-2H3. The Morgan fingerprint density at radius 3 is 2.63 bits per heavy atom. The summed E-state index contributed by atoms with van der Waals surface area (Å²) in [4.78, 5) is 0. The topological polar surface area (TPSA) is 38.0 Å². The molecule has 4 heteroatoms. The highest BCUT2D eigenvalue weighted by molar-refractivity contribution is 5.26. The van der Waals surface area contributed by atoms with Crippen molar-refractivity contribution in [2.75, 3.05) is 13.1 Å². The summed E-state index contributed by atoms with van der Waals surface area (Å²) in [5, 5.41) is 3.35. The highest BCUT2D eigenvalue weighted by Crippen LogP contribution is 2.27. The predicted octanol–water partition coefficient (Wildman–Crippen LogP) is 2.57. The van der Waals surface area contributed by atoms with E-state index >= 15 is 0 Å². The van der Waals surface area contributed by atoms with E-state index in [2.05, 4.69) is 5.32 Å². The van der Waals surface area contributed by atoms with Gasteiger partial charge < -0.3 is 11.1 Å². The van der Waals surface area contributed by atoms with Crippen molar-refractivity contribution < 1.29 is 8.78 Å². The fourth-order valence-corrected chi connectivity index (χ4v) is 2.65. The Balaban J connectivity index is 1.91. The predicted molar refractivity (Wildman–Crippen MR) is 73.0 cm³/mol. The third-order valence-electron chi connectivity index (χ3n) is 3.93. The van der Waals surface area contributed by atoms with Gasteiger partial charge in [0.2, 0.25) is 0 Å². The average Bonchev–Trinajstić information content (AvgIpc) is 2.29. The van der Waals surface area contributed by atoms with Gasteiger partial charge in [-0.05, 0) is 49.1 Å². The van der Waals surface area contributed by atoms with E-state index in [1.807, 2.05) is 13.8 Å². The molecule has 0 radical (unpaired) electrons. The number of benzene rings is 1. The fraction of sp³-hybridized carbons (Fsp3) is 0.600. The molecule has 2 rings (SSSR count). The minimum Gasteiger partial charge on any atom is -0.328 e. The van der Waals surface area contributed by atoms with Crippen molar-refractivity contribution in [1.82, 2.24) is 5.32 Å². The molecular formula is C15H22F2N2. The van der Waals surface area contributed by atoms with Gasteiger partial charge >= 0.3 is 0 Å². The molecule has 0 bridgehead atoms. The van der Waals surface area contributed by atoms with Crippen LogP contribution in [0.4, 0.5) is 8.78 Å². The Bertz CT molecular complexity index is 440. The molecular weight excluding hydrogens is 246 g/mol. The first-order valence-corrected chi connectivity index (χ1v) is 6.80. The number of nitrogens with one attached hydrogen (secondary N) is 1. The molecule has 19 heavy (non-hydrogen) atoms. The lowest BCUT2D eigenvalue weighted by Gasteiger charge is -2.34. The third kappa shape index (κ3) is 3.51. The van der Waals surface area contributed by atoms with Crippen LogP contribution in [0.3, 0.4) is 0 Å². The monoisotopic (exact) mass is 268 g/mol. The molecule has 1 aromatic carbocycles. The first kappa shape index (κ1) is 14.4. The Hall–Kier alpha value is -1.00. The van der Waals surface area contributed by atoms with E-state index in [1.165, 1.54) is 12.1 Å². The quantitative estimate of drug-likeness (QED) is 0.861. The van der Waals surface area contributed by atoms with E-state index in [-0.39, 0.29) is 5.82 Å². The molecule has 0 unspecified atom stereocenters. The highest BCUT2D eigenvalue weighted by Gasteiger charge is 2.28. The summed E-state index contributed by atoms with van der Waals surface area (Å²) in [7, 11) is 0. The second-order valence-corrected chi connectivity index (χ2v) is 6.24. The second kappa shape index (κ2) is 5.55. The van der Waals surface area contributed by atoms with Gasteiger partial charge in [0.25, 0.3) is 0 Å². The summed E-state index contributed by atoms with van der Waals surface area (Å²) >= 11 is 0. The summed E-state index contributed by atoms with van der Waals surface area (Å²) in [6.45, 7) is 5.36. The lowest BCUT2D eigenvalue weighted by Crippen LogP contribution is -2.43. The van der Waals surface area contributed by atoms with Gasteiger partial charge in [-0.25, -0.2) is 8.78 Å². The summed E-state index contributed by atoms with van der Waals surface area (Å²) in [6, 6.07) is 3.98. The molecule has 0 aliphatic heterocycles. The maximum Gasteiger partial charge on any atom is 0.127 e. The van der Waals surface area contributed by atoms with Gasteiger partial charge in [0.05, 0.1) is 0 Å². The number of hydrogen-bond acceptors (Lipinski definition) is 2. The minimum absolute atomic E-state index is 0.348. The number of nitrogens with two attached hydrogens (primary N) is 1. The Kier molecular flexibility index (Phi) is 4.21. The molecule has 1 aromatic rings. The van der Waals surface area contributed by atoms with Crippen molar-refractivity contribution in [3.63, 3.8) is 0 Å². The van der Waals surface area contributed by atoms with Crippen LogP contribution in [0.25, 0.3) is 0 Å². The van der Waals surface area contributed by atoms with E-state index in [4.69, 9.17) is 5.73 Å². The van der Waals surface area contributed by atoms with Crippen molar-refractivity contribution in [2.24, 2.45) is 11.7 Å². The maximum absolute atomic E-state index is 13.8. The van der Waals surface area contributed by atoms with Crippen LogP contribution in [0.2, 0.25) is 0 Å². The fourth-order valence-electron chi connectivity index (χ4n) is 2.65. The molecule has 0 amide bonds. The van der Waals surface area contributed by atoms with Gasteiger partial charge in [-0.3, -0.25) is 0 Å². The Labute approximate surface area is 113 Å². The van der Waals surface area contributed by atoms with Crippen molar-refractivity contribution in [3.8, 4) is 0 Å². The number of rotatable bonds is 5. The SMILES string of the molecule is CC(C)(CNCC1CC(N)C1)c1cc(F)ccc1F. The van der Waals surface area contributed by atoms with Crippen molar-refractivity contribution in [1.29, 1.82) is 0 Å².